The van der Waals surface area contributed by atoms with Crippen LogP contribution in [-0.2, 0) is 19.4 Å². The minimum absolute atomic E-state index is 0.559. The van der Waals surface area contributed by atoms with Gasteiger partial charge in [0, 0.05) is 12.1 Å². The molecule has 0 bridgehead atoms. The van der Waals surface area contributed by atoms with Gasteiger partial charge in [0.05, 0.1) is 12.0 Å². The summed E-state index contributed by atoms with van der Waals surface area (Å²) in [6.45, 7) is 0.738. The van der Waals surface area contributed by atoms with Crippen LogP contribution in [0.5, 0.6) is 0 Å². The molecule has 0 spiro atoms. The Bertz CT molecular complexity index is 1020. The Balaban J connectivity index is 1.59. The van der Waals surface area contributed by atoms with Crippen LogP contribution in [0.25, 0.3) is 17.4 Å². The lowest BCUT2D eigenvalue weighted by molar-refractivity contribution is 0.577. The summed E-state index contributed by atoms with van der Waals surface area (Å²) >= 11 is 0. The van der Waals surface area contributed by atoms with Crippen LogP contribution < -0.4 is 5.32 Å². The normalized spacial score (nSPS) is 13.3. The van der Waals surface area contributed by atoms with Crippen LogP contribution in [0.4, 0.5) is 5.82 Å². The molecular weight excluding hydrogens is 314 g/mol. The van der Waals surface area contributed by atoms with Crippen molar-refractivity contribution in [3.63, 3.8) is 0 Å². The highest BCUT2D eigenvalue weighted by Crippen LogP contribution is 2.29. The molecule has 0 aliphatic heterocycles. The van der Waals surface area contributed by atoms with Crippen molar-refractivity contribution in [2.24, 2.45) is 0 Å². The van der Waals surface area contributed by atoms with Crippen LogP contribution >= 0.6 is 0 Å². The van der Waals surface area contributed by atoms with Crippen molar-refractivity contribution in [3.8, 4) is 11.6 Å². The molecule has 0 saturated heterocycles. The van der Waals surface area contributed by atoms with Gasteiger partial charge in [0.25, 0.3) is 5.78 Å². The molecule has 1 N–H and O–H groups in total. The van der Waals surface area contributed by atoms with Crippen LogP contribution in [0.3, 0.4) is 0 Å². The van der Waals surface area contributed by atoms with Crippen LogP contribution in [-0.4, -0.2) is 19.6 Å². The quantitative estimate of drug-likeness (QED) is 0.620. The summed E-state index contributed by atoms with van der Waals surface area (Å²) in [6.07, 6.45) is 4.77. The standard InChI is InChI=1S/C19H17N5O/c1-2-6-13(7-3-1)12-20-18-14-8-4-9-15(14)21-19-22-17(23-24(18)19)16-10-5-11-25-16/h1-3,5-7,10-11,20H,4,8-9,12H2. The van der Waals surface area contributed by atoms with Gasteiger partial charge >= 0.3 is 0 Å². The zero-order valence-electron chi connectivity index (χ0n) is 13.6. The minimum Gasteiger partial charge on any atom is -0.461 e. The Kier molecular flexibility index (Phi) is 3.26. The second-order valence-corrected chi connectivity index (χ2v) is 6.20. The Labute approximate surface area is 144 Å². The molecule has 0 saturated carbocycles. The highest BCUT2D eigenvalue weighted by molar-refractivity contribution is 5.58. The fourth-order valence-electron chi connectivity index (χ4n) is 3.35. The van der Waals surface area contributed by atoms with E-state index in [1.54, 1.807) is 6.26 Å². The average molecular weight is 331 g/mol. The molecule has 1 aromatic carbocycles. The maximum Gasteiger partial charge on any atom is 0.255 e. The predicted molar refractivity (Wildman–Crippen MR) is 94.3 cm³/mol. The second kappa shape index (κ2) is 5.73. The molecule has 0 fully saturated rings. The molecule has 0 radical (unpaired) electrons. The molecule has 25 heavy (non-hydrogen) atoms. The number of hydrogen-bond donors (Lipinski definition) is 1. The van der Waals surface area contributed by atoms with Gasteiger partial charge in [-0.05, 0) is 37.0 Å². The maximum atomic E-state index is 5.43. The summed E-state index contributed by atoms with van der Waals surface area (Å²) in [6, 6.07) is 14.0. The molecule has 1 aliphatic carbocycles. The van der Waals surface area contributed by atoms with Gasteiger partial charge < -0.3 is 9.73 Å². The van der Waals surface area contributed by atoms with Gasteiger partial charge in [-0.3, -0.25) is 0 Å². The molecule has 1 aliphatic rings. The molecular formula is C19H17N5O. The van der Waals surface area contributed by atoms with E-state index >= 15 is 0 Å². The summed E-state index contributed by atoms with van der Waals surface area (Å²) < 4.78 is 7.24. The number of furan rings is 1. The molecule has 124 valence electrons. The van der Waals surface area contributed by atoms with Crippen LogP contribution in [0, 0.1) is 0 Å². The lowest BCUT2D eigenvalue weighted by Crippen LogP contribution is -2.10. The largest absolute Gasteiger partial charge is 0.461 e. The topological polar surface area (TPSA) is 68.2 Å². The van der Waals surface area contributed by atoms with Crippen LogP contribution in [0.2, 0.25) is 0 Å². The summed E-state index contributed by atoms with van der Waals surface area (Å²) in [4.78, 5) is 9.26. The zero-order chi connectivity index (χ0) is 16.6. The molecule has 3 aromatic heterocycles. The Morgan fingerprint density at radius 1 is 1.04 bits per heavy atom. The number of nitrogens with one attached hydrogen (secondary N) is 1. The predicted octanol–water partition coefficient (Wildman–Crippen LogP) is 3.49. The number of aromatic nitrogens is 4. The summed E-state index contributed by atoms with van der Waals surface area (Å²) in [7, 11) is 0. The number of anilines is 1. The Morgan fingerprint density at radius 3 is 2.80 bits per heavy atom. The van der Waals surface area contributed by atoms with E-state index in [-0.39, 0.29) is 0 Å². The van der Waals surface area contributed by atoms with E-state index in [0.29, 0.717) is 17.4 Å². The monoisotopic (exact) mass is 331 g/mol. The molecule has 0 unspecified atom stereocenters. The first-order valence-corrected chi connectivity index (χ1v) is 8.49. The first-order valence-electron chi connectivity index (χ1n) is 8.49. The first-order chi connectivity index (χ1) is 12.4. The van der Waals surface area contributed by atoms with Gasteiger partial charge in [-0.2, -0.15) is 9.50 Å². The van der Waals surface area contributed by atoms with Gasteiger partial charge in [0.15, 0.2) is 5.76 Å². The summed E-state index contributed by atoms with van der Waals surface area (Å²) in [5, 5.41) is 8.18. The van der Waals surface area contributed by atoms with Crippen LogP contribution in [0.15, 0.2) is 53.1 Å². The van der Waals surface area contributed by atoms with Gasteiger partial charge in [-0.25, -0.2) is 4.98 Å². The lowest BCUT2D eigenvalue weighted by Gasteiger charge is -2.12. The smallest absolute Gasteiger partial charge is 0.255 e. The summed E-state index contributed by atoms with van der Waals surface area (Å²) in [5.41, 5.74) is 3.60. The number of fused-ring (bicyclic) bond motifs is 2. The van der Waals surface area contributed by atoms with E-state index in [1.165, 1.54) is 11.1 Å². The molecule has 5 rings (SSSR count). The van der Waals surface area contributed by atoms with Crippen molar-refractivity contribution in [3.05, 3.63) is 65.5 Å². The first kappa shape index (κ1) is 14.2. The molecule has 0 atom stereocenters. The number of hydrogen-bond acceptors (Lipinski definition) is 5. The number of benzene rings is 1. The van der Waals surface area contributed by atoms with E-state index in [9.17, 15) is 0 Å². The number of nitrogens with zero attached hydrogens (tertiary/aromatic N) is 4. The molecule has 3 heterocycles. The molecule has 6 nitrogen and oxygen atoms in total. The fourth-order valence-corrected chi connectivity index (χ4v) is 3.35. The van der Waals surface area contributed by atoms with E-state index in [1.807, 2.05) is 34.8 Å². The molecule has 4 aromatic rings. The molecule has 0 amide bonds. The van der Waals surface area contributed by atoms with E-state index in [0.717, 1.165) is 37.3 Å². The third-order valence-corrected chi connectivity index (χ3v) is 4.56. The highest BCUT2D eigenvalue weighted by atomic mass is 16.3. The number of aryl methyl sites for hydroxylation is 1. The van der Waals surface area contributed by atoms with Gasteiger partial charge in [-0.15, -0.1) is 5.10 Å². The van der Waals surface area contributed by atoms with E-state index in [4.69, 9.17) is 9.40 Å². The van der Waals surface area contributed by atoms with E-state index < -0.39 is 0 Å². The van der Waals surface area contributed by atoms with Crippen molar-refractivity contribution in [2.45, 2.75) is 25.8 Å². The minimum atomic E-state index is 0.559. The average Bonchev–Trinajstić information content (AvgIpc) is 3.38. The SMILES string of the molecule is c1ccc(CNc2c3c(nc4nc(-c5ccco5)nn24)CCC3)cc1. The fraction of sp³-hybridized carbons (Fsp3) is 0.211. The van der Waals surface area contributed by atoms with Crippen molar-refractivity contribution < 1.29 is 4.42 Å². The maximum absolute atomic E-state index is 5.43. The zero-order valence-corrected chi connectivity index (χ0v) is 13.6. The van der Waals surface area contributed by atoms with E-state index in [2.05, 4.69) is 27.5 Å². The number of rotatable bonds is 4. The van der Waals surface area contributed by atoms with Crippen molar-refractivity contribution >= 4 is 11.6 Å². The third-order valence-electron chi connectivity index (χ3n) is 4.56. The Hall–Kier alpha value is -3.15. The second-order valence-electron chi connectivity index (χ2n) is 6.20. The Morgan fingerprint density at radius 2 is 1.96 bits per heavy atom. The van der Waals surface area contributed by atoms with Crippen molar-refractivity contribution in [2.75, 3.05) is 5.32 Å². The summed E-state index contributed by atoms with van der Waals surface area (Å²) in [5.74, 6) is 2.82. The van der Waals surface area contributed by atoms with Gasteiger partial charge in [0.2, 0.25) is 5.82 Å². The van der Waals surface area contributed by atoms with Gasteiger partial charge in [0.1, 0.15) is 5.82 Å². The molecule has 6 heteroatoms. The van der Waals surface area contributed by atoms with Gasteiger partial charge in [-0.1, -0.05) is 30.3 Å². The lowest BCUT2D eigenvalue weighted by atomic mass is 10.2. The van der Waals surface area contributed by atoms with Crippen molar-refractivity contribution in [1.29, 1.82) is 0 Å². The van der Waals surface area contributed by atoms with Crippen LogP contribution in [0.1, 0.15) is 23.2 Å². The highest BCUT2D eigenvalue weighted by Gasteiger charge is 2.22. The van der Waals surface area contributed by atoms with Crippen molar-refractivity contribution in [1.82, 2.24) is 19.6 Å². The third kappa shape index (κ3) is 2.46.